The predicted molar refractivity (Wildman–Crippen MR) is 67.0 cm³/mol. The highest BCUT2D eigenvalue weighted by atomic mass is 15.3. The van der Waals surface area contributed by atoms with E-state index in [1.54, 1.807) is 18.7 Å². The summed E-state index contributed by atoms with van der Waals surface area (Å²) in [5.74, 6) is -0.0590. The lowest BCUT2D eigenvalue weighted by atomic mass is 10.2. The number of nitrogens with two attached hydrogens (primary N) is 2. The van der Waals surface area contributed by atoms with Crippen LogP contribution in [0.25, 0.3) is 5.69 Å². The molecule has 0 aliphatic heterocycles. The van der Waals surface area contributed by atoms with Gasteiger partial charge >= 0.3 is 0 Å². The standard InChI is InChI=1S/C11H12N6/c12-11(13)16-15-7-9-1-3-10(4-2-9)17-6-5-14-8-17/h1-8H,(H4,12,13,16)/b15-7+. The quantitative estimate of drug-likeness (QED) is 0.454. The first-order valence-electron chi connectivity index (χ1n) is 4.96. The second-order valence-electron chi connectivity index (χ2n) is 3.33. The molecule has 1 heterocycles. The van der Waals surface area contributed by atoms with E-state index in [-0.39, 0.29) is 5.96 Å². The van der Waals surface area contributed by atoms with E-state index in [1.807, 2.05) is 35.0 Å². The molecule has 0 aliphatic carbocycles. The van der Waals surface area contributed by atoms with Crippen LogP contribution in [0.5, 0.6) is 0 Å². The highest BCUT2D eigenvalue weighted by molar-refractivity contribution is 5.81. The van der Waals surface area contributed by atoms with Gasteiger partial charge in [-0.3, -0.25) is 0 Å². The third kappa shape index (κ3) is 2.91. The Morgan fingerprint density at radius 3 is 2.59 bits per heavy atom. The third-order valence-corrected chi connectivity index (χ3v) is 2.08. The van der Waals surface area contributed by atoms with E-state index in [0.29, 0.717) is 0 Å². The number of hydrogen-bond donors (Lipinski definition) is 2. The minimum atomic E-state index is -0.0590. The largest absolute Gasteiger partial charge is 0.369 e. The second-order valence-corrected chi connectivity index (χ2v) is 3.33. The molecule has 17 heavy (non-hydrogen) atoms. The average molecular weight is 228 g/mol. The fourth-order valence-electron chi connectivity index (χ4n) is 1.31. The Labute approximate surface area is 98.3 Å². The van der Waals surface area contributed by atoms with Crippen molar-refractivity contribution in [3.05, 3.63) is 48.5 Å². The molecule has 0 bridgehead atoms. The van der Waals surface area contributed by atoms with Gasteiger partial charge in [0.15, 0.2) is 0 Å². The Hall–Kier alpha value is -2.63. The molecule has 2 rings (SSSR count). The van der Waals surface area contributed by atoms with Crippen molar-refractivity contribution >= 4 is 12.2 Å². The predicted octanol–water partition coefficient (Wildman–Crippen LogP) is 0.480. The van der Waals surface area contributed by atoms with Crippen LogP contribution in [0.2, 0.25) is 0 Å². The van der Waals surface area contributed by atoms with Crippen LogP contribution >= 0.6 is 0 Å². The number of aromatic nitrogens is 2. The fraction of sp³-hybridized carbons (Fsp3) is 0. The van der Waals surface area contributed by atoms with Crippen LogP contribution in [0, 0.1) is 0 Å². The number of imidazole rings is 1. The van der Waals surface area contributed by atoms with Crippen LogP contribution in [0.3, 0.4) is 0 Å². The molecule has 0 fully saturated rings. The zero-order chi connectivity index (χ0) is 12.1. The van der Waals surface area contributed by atoms with Crippen LogP contribution in [0.1, 0.15) is 5.56 Å². The highest BCUT2D eigenvalue weighted by Crippen LogP contribution is 2.07. The Morgan fingerprint density at radius 1 is 1.24 bits per heavy atom. The van der Waals surface area contributed by atoms with Gasteiger partial charge in [-0.05, 0) is 17.7 Å². The summed E-state index contributed by atoms with van der Waals surface area (Å²) in [6.45, 7) is 0. The van der Waals surface area contributed by atoms with Gasteiger partial charge in [0.25, 0.3) is 0 Å². The fourth-order valence-corrected chi connectivity index (χ4v) is 1.31. The van der Waals surface area contributed by atoms with Gasteiger partial charge in [0.1, 0.15) is 0 Å². The summed E-state index contributed by atoms with van der Waals surface area (Å²) >= 11 is 0. The molecule has 1 aromatic heterocycles. The minimum Gasteiger partial charge on any atom is -0.369 e. The summed E-state index contributed by atoms with van der Waals surface area (Å²) in [6, 6.07) is 7.75. The molecule has 1 aromatic carbocycles. The molecule has 0 spiro atoms. The van der Waals surface area contributed by atoms with Crippen molar-refractivity contribution in [3.63, 3.8) is 0 Å². The van der Waals surface area contributed by atoms with Crippen LogP contribution in [-0.4, -0.2) is 21.7 Å². The third-order valence-electron chi connectivity index (χ3n) is 2.08. The van der Waals surface area contributed by atoms with Crippen molar-refractivity contribution in [2.24, 2.45) is 21.7 Å². The molecular weight excluding hydrogens is 216 g/mol. The van der Waals surface area contributed by atoms with Gasteiger partial charge in [0.2, 0.25) is 5.96 Å². The van der Waals surface area contributed by atoms with Gasteiger partial charge in [-0.2, -0.15) is 5.10 Å². The molecule has 2 aromatic rings. The number of guanidine groups is 1. The Bertz CT molecular complexity index is 520. The molecule has 0 saturated heterocycles. The Kier molecular flexibility index (Phi) is 3.15. The molecule has 6 heteroatoms. The minimum absolute atomic E-state index is 0.0590. The van der Waals surface area contributed by atoms with Crippen LogP contribution < -0.4 is 11.5 Å². The summed E-state index contributed by atoms with van der Waals surface area (Å²) in [4.78, 5) is 3.98. The van der Waals surface area contributed by atoms with E-state index in [1.165, 1.54) is 0 Å². The van der Waals surface area contributed by atoms with E-state index in [9.17, 15) is 0 Å². The number of nitrogens with zero attached hydrogens (tertiary/aromatic N) is 4. The SMILES string of the molecule is NC(N)=N/N=C/c1ccc(-n2ccnc2)cc1. The summed E-state index contributed by atoms with van der Waals surface area (Å²) < 4.78 is 1.91. The van der Waals surface area contributed by atoms with Crippen LogP contribution in [-0.2, 0) is 0 Å². The molecule has 0 aliphatic rings. The van der Waals surface area contributed by atoms with Gasteiger partial charge in [-0.25, -0.2) is 4.98 Å². The first-order valence-corrected chi connectivity index (χ1v) is 4.96. The zero-order valence-corrected chi connectivity index (χ0v) is 9.06. The smallest absolute Gasteiger partial charge is 0.211 e. The maximum atomic E-state index is 5.15. The maximum absolute atomic E-state index is 5.15. The molecule has 0 saturated carbocycles. The van der Waals surface area contributed by atoms with Crippen LogP contribution in [0.4, 0.5) is 0 Å². The van der Waals surface area contributed by atoms with Crippen LogP contribution in [0.15, 0.2) is 53.2 Å². The lowest BCUT2D eigenvalue weighted by Crippen LogP contribution is -2.21. The first-order chi connectivity index (χ1) is 8.25. The molecular formula is C11H12N6. The summed E-state index contributed by atoms with van der Waals surface area (Å²) in [5, 5.41) is 7.25. The second kappa shape index (κ2) is 4.93. The lowest BCUT2D eigenvalue weighted by Gasteiger charge is -2.01. The molecule has 0 atom stereocenters. The van der Waals surface area contributed by atoms with Gasteiger partial charge in [-0.1, -0.05) is 12.1 Å². The van der Waals surface area contributed by atoms with Crippen molar-refractivity contribution in [3.8, 4) is 5.69 Å². The molecule has 6 nitrogen and oxygen atoms in total. The van der Waals surface area contributed by atoms with E-state index >= 15 is 0 Å². The number of hydrogen-bond acceptors (Lipinski definition) is 3. The van der Waals surface area contributed by atoms with Gasteiger partial charge < -0.3 is 16.0 Å². The van der Waals surface area contributed by atoms with Crippen molar-refractivity contribution in [2.75, 3.05) is 0 Å². The summed E-state index contributed by atoms with van der Waals surface area (Å²) in [6.07, 6.45) is 6.93. The van der Waals surface area contributed by atoms with Crippen molar-refractivity contribution < 1.29 is 0 Å². The number of rotatable bonds is 3. The van der Waals surface area contributed by atoms with Gasteiger partial charge in [0.05, 0.1) is 12.5 Å². The normalized spacial score (nSPS) is 10.6. The van der Waals surface area contributed by atoms with Crippen molar-refractivity contribution in [2.45, 2.75) is 0 Å². The van der Waals surface area contributed by atoms with E-state index in [2.05, 4.69) is 15.2 Å². The van der Waals surface area contributed by atoms with Gasteiger partial charge in [-0.15, -0.1) is 5.10 Å². The molecule has 0 radical (unpaired) electrons. The first kappa shape index (κ1) is 10.9. The number of benzene rings is 1. The maximum Gasteiger partial charge on any atom is 0.211 e. The van der Waals surface area contributed by atoms with E-state index < -0.39 is 0 Å². The summed E-state index contributed by atoms with van der Waals surface area (Å²) in [7, 11) is 0. The molecule has 86 valence electrons. The van der Waals surface area contributed by atoms with E-state index in [4.69, 9.17) is 11.5 Å². The molecule has 4 N–H and O–H groups in total. The van der Waals surface area contributed by atoms with Crippen molar-refractivity contribution in [1.82, 2.24) is 9.55 Å². The van der Waals surface area contributed by atoms with Crippen molar-refractivity contribution in [1.29, 1.82) is 0 Å². The monoisotopic (exact) mass is 228 g/mol. The van der Waals surface area contributed by atoms with E-state index in [0.717, 1.165) is 11.3 Å². The Balaban J connectivity index is 2.14. The zero-order valence-electron chi connectivity index (χ0n) is 9.06. The summed E-state index contributed by atoms with van der Waals surface area (Å²) in [5.41, 5.74) is 12.2. The highest BCUT2D eigenvalue weighted by Gasteiger charge is 1.94. The molecule has 0 amide bonds. The Morgan fingerprint density at radius 2 is 2.00 bits per heavy atom. The topological polar surface area (TPSA) is 94.6 Å². The molecule has 0 unspecified atom stereocenters. The van der Waals surface area contributed by atoms with Gasteiger partial charge in [0, 0.05) is 18.1 Å². The average Bonchev–Trinajstić information content (AvgIpc) is 2.83. The lowest BCUT2D eigenvalue weighted by molar-refractivity contribution is 1.06.